The Bertz CT molecular complexity index is 858. The van der Waals surface area contributed by atoms with Crippen LogP contribution in [0.1, 0.15) is 36.8 Å². The molecule has 2 aromatic rings. The van der Waals surface area contributed by atoms with Crippen molar-refractivity contribution < 1.29 is 9.59 Å². The van der Waals surface area contributed by atoms with Crippen LogP contribution in [-0.4, -0.2) is 47.4 Å². The van der Waals surface area contributed by atoms with E-state index in [1.54, 1.807) is 4.90 Å². The van der Waals surface area contributed by atoms with E-state index in [0.29, 0.717) is 12.5 Å². The zero-order chi connectivity index (χ0) is 20.9. The first-order valence-corrected chi connectivity index (χ1v) is 11.1. The molecule has 2 aliphatic heterocycles. The van der Waals surface area contributed by atoms with Gasteiger partial charge in [0.25, 0.3) is 0 Å². The molecule has 2 aliphatic rings. The highest BCUT2D eigenvalue weighted by molar-refractivity contribution is 5.94. The number of hydrogen-bond donors (Lipinski definition) is 1. The van der Waals surface area contributed by atoms with Crippen LogP contribution >= 0.6 is 0 Å². The third-order valence-corrected chi connectivity index (χ3v) is 6.39. The second kappa shape index (κ2) is 9.33. The van der Waals surface area contributed by atoms with Crippen molar-refractivity contribution in [2.24, 2.45) is 5.92 Å². The number of hydrogen-bond acceptors (Lipinski definition) is 2. The molecule has 4 rings (SSSR count). The number of carbonyl (C=O) groups is 2. The summed E-state index contributed by atoms with van der Waals surface area (Å²) in [5.74, 6) is 0.741. The van der Waals surface area contributed by atoms with Gasteiger partial charge in [0.15, 0.2) is 0 Å². The first-order valence-electron chi connectivity index (χ1n) is 11.1. The van der Waals surface area contributed by atoms with Crippen LogP contribution in [-0.2, 0) is 11.2 Å². The summed E-state index contributed by atoms with van der Waals surface area (Å²) in [6.45, 7) is 4.24. The van der Waals surface area contributed by atoms with Crippen molar-refractivity contribution >= 4 is 17.6 Å². The number of nitrogens with zero attached hydrogens (tertiary/aromatic N) is 2. The molecule has 2 heterocycles. The fourth-order valence-electron chi connectivity index (χ4n) is 4.61. The third kappa shape index (κ3) is 4.84. The minimum absolute atomic E-state index is 0.115. The topological polar surface area (TPSA) is 52.7 Å². The van der Waals surface area contributed by atoms with E-state index in [1.165, 1.54) is 5.56 Å². The van der Waals surface area contributed by atoms with Crippen LogP contribution in [0.4, 0.5) is 10.5 Å². The molecule has 2 saturated heterocycles. The van der Waals surface area contributed by atoms with Gasteiger partial charge in [0.05, 0.1) is 0 Å². The molecule has 0 saturated carbocycles. The Kier molecular flexibility index (Phi) is 6.36. The number of rotatable bonds is 4. The number of carbonyl (C=O) groups excluding carboxylic acids is 2. The van der Waals surface area contributed by atoms with Crippen LogP contribution in [0.25, 0.3) is 0 Å². The summed E-state index contributed by atoms with van der Waals surface area (Å²) in [7, 11) is 0. The lowest BCUT2D eigenvalue weighted by molar-refractivity contribution is -0.136. The summed E-state index contributed by atoms with van der Waals surface area (Å²) in [5.41, 5.74) is 3.29. The molecule has 1 unspecified atom stereocenters. The lowest BCUT2D eigenvalue weighted by Gasteiger charge is -2.35. The van der Waals surface area contributed by atoms with Gasteiger partial charge in [0, 0.05) is 25.3 Å². The Hall–Kier alpha value is -2.82. The Morgan fingerprint density at radius 3 is 2.33 bits per heavy atom. The van der Waals surface area contributed by atoms with Crippen LogP contribution in [0.5, 0.6) is 0 Å². The van der Waals surface area contributed by atoms with Gasteiger partial charge in [-0.3, -0.25) is 4.79 Å². The first-order chi connectivity index (χ1) is 14.6. The van der Waals surface area contributed by atoms with Crippen LogP contribution in [0, 0.1) is 12.8 Å². The highest BCUT2D eigenvalue weighted by Gasteiger charge is 2.37. The molecular formula is C25H31N3O2. The summed E-state index contributed by atoms with van der Waals surface area (Å²) in [5, 5.41) is 2.95. The smallest absolute Gasteiger partial charge is 0.322 e. The van der Waals surface area contributed by atoms with Crippen molar-refractivity contribution in [3.63, 3.8) is 0 Å². The molecule has 2 aromatic carbocycles. The van der Waals surface area contributed by atoms with Gasteiger partial charge < -0.3 is 15.1 Å². The molecule has 1 N–H and O–H groups in total. The highest BCUT2D eigenvalue weighted by Crippen LogP contribution is 2.26. The summed E-state index contributed by atoms with van der Waals surface area (Å²) in [4.78, 5) is 29.7. The van der Waals surface area contributed by atoms with Crippen LogP contribution in [0.2, 0.25) is 0 Å². The molecule has 0 aromatic heterocycles. The number of piperidine rings is 1. The average molecular weight is 406 g/mol. The van der Waals surface area contributed by atoms with Gasteiger partial charge in [-0.15, -0.1) is 0 Å². The standard InChI is InChI=1S/C25H31N3O2/c1-19-9-11-22(12-10-19)26-25(30)28-15-5-8-23(28)24(29)27-16-13-21(14-17-27)18-20-6-3-2-4-7-20/h2-4,6-7,9-12,21,23H,5,8,13-18H2,1H3,(H,26,30). The molecule has 2 fully saturated rings. The van der Waals surface area contributed by atoms with E-state index in [9.17, 15) is 9.59 Å². The SMILES string of the molecule is Cc1ccc(NC(=O)N2CCCC2C(=O)N2CCC(Cc3ccccc3)CC2)cc1. The van der Waals surface area contributed by atoms with Crippen molar-refractivity contribution in [3.8, 4) is 0 Å². The number of amides is 3. The van der Waals surface area contributed by atoms with Gasteiger partial charge in [-0.05, 0) is 62.6 Å². The monoisotopic (exact) mass is 405 g/mol. The Labute approximate surface area is 179 Å². The van der Waals surface area contributed by atoms with E-state index in [-0.39, 0.29) is 18.0 Å². The largest absolute Gasteiger partial charge is 0.341 e. The van der Waals surface area contributed by atoms with Gasteiger partial charge in [-0.25, -0.2) is 4.79 Å². The lowest BCUT2D eigenvalue weighted by Crippen LogP contribution is -2.51. The number of aryl methyl sites for hydroxylation is 1. The highest BCUT2D eigenvalue weighted by atomic mass is 16.2. The van der Waals surface area contributed by atoms with Gasteiger partial charge in [-0.2, -0.15) is 0 Å². The van der Waals surface area contributed by atoms with Crippen molar-refractivity contribution in [2.45, 2.75) is 45.1 Å². The number of likely N-dealkylation sites (tertiary alicyclic amines) is 2. The minimum Gasteiger partial charge on any atom is -0.341 e. The Balaban J connectivity index is 1.31. The molecule has 1 atom stereocenters. The lowest BCUT2D eigenvalue weighted by atomic mass is 9.90. The van der Waals surface area contributed by atoms with Gasteiger partial charge >= 0.3 is 6.03 Å². The van der Waals surface area contributed by atoms with E-state index in [2.05, 4.69) is 29.6 Å². The first kappa shape index (κ1) is 20.5. The number of urea groups is 1. The molecule has 5 nitrogen and oxygen atoms in total. The zero-order valence-electron chi connectivity index (χ0n) is 17.7. The molecule has 30 heavy (non-hydrogen) atoms. The minimum atomic E-state index is -0.332. The second-order valence-electron chi connectivity index (χ2n) is 8.61. The Morgan fingerprint density at radius 1 is 0.933 bits per heavy atom. The quantitative estimate of drug-likeness (QED) is 0.816. The third-order valence-electron chi connectivity index (χ3n) is 6.39. The van der Waals surface area contributed by atoms with Crippen LogP contribution < -0.4 is 5.32 Å². The van der Waals surface area contributed by atoms with Gasteiger partial charge in [0.1, 0.15) is 6.04 Å². The number of nitrogens with one attached hydrogen (secondary N) is 1. The molecule has 158 valence electrons. The van der Waals surface area contributed by atoms with Crippen molar-refractivity contribution in [2.75, 3.05) is 25.0 Å². The maximum Gasteiger partial charge on any atom is 0.322 e. The van der Waals surface area contributed by atoms with Crippen molar-refractivity contribution in [3.05, 3.63) is 65.7 Å². The summed E-state index contributed by atoms with van der Waals surface area (Å²) < 4.78 is 0. The van der Waals surface area contributed by atoms with Crippen molar-refractivity contribution in [1.29, 1.82) is 0 Å². The summed E-state index contributed by atoms with van der Waals surface area (Å²) >= 11 is 0. The predicted molar refractivity (Wildman–Crippen MR) is 119 cm³/mol. The molecule has 0 spiro atoms. The van der Waals surface area contributed by atoms with E-state index in [0.717, 1.165) is 56.4 Å². The fraction of sp³-hybridized carbons (Fsp3) is 0.440. The molecule has 0 radical (unpaired) electrons. The van der Waals surface area contributed by atoms with E-state index < -0.39 is 0 Å². The van der Waals surface area contributed by atoms with E-state index >= 15 is 0 Å². The fourth-order valence-corrected chi connectivity index (χ4v) is 4.61. The van der Waals surface area contributed by atoms with Crippen LogP contribution in [0.15, 0.2) is 54.6 Å². The molecular weight excluding hydrogens is 374 g/mol. The summed E-state index contributed by atoms with van der Waals surface area (Å²) in [6.07, 6.45) is 4.77. The summed E-state index contributed by atoms with van der Waals surface area (Å²) in [6, 6.07) is 17.8. The van der Waals surface area contributed by atoms with Gasteiger partial charge in [0.2, 0.25) is 5.91 Å². The zero-order valence-corrected chi connectivity index (χ0v) is 17.7. The normalized spacial score (nSPS) is 19.7. The van der Waals surface area contributed by atoms with Gasteiger partial charge in [-0.1, -0.05) is 48.0 Å². The molecule has 0 bridgehead atoms. The van der Waals surface area contributed by atoms with E-state index in [4.69, 9.17) is 0 Å². The van der Waals surface area contributed by atoms with Crippen LogP contribution in [0.3, 0.4) is 0 Å². The number of anilines is 1. The predicted octanol–water partition coefficient (Wildman–Crippen LogP) is 4.47. The average Bonchev–Trinajstić information content (AvgIpc) is 3.26. The molecule has 0 aliphatic carbocycles. The molecule has 3 amide bonds. The Morgan fingerprint density at radius 2 is 1.63 bits per heavy atom. The number of benzene rings is 2. The molecule has 5 heteroatoms. The maximum atomic E-state index is 13.2. The maximum absolute atomic E-state index is 13.2. The van der Waals surface area contributed by atoms with E-state index in [1.807, 2.05) is 42.2 Å². The second-order valence-corrected chi connectivity index (χ2v) is 8.61. The van der Waals surface area contributed by atoms with Crippen molar-refractivity contribution in [1.82, 2.24) is 9.80 Å².